The number of benzene rings is 1. The predicted octanol–water partition coefficient (Wildman–Crippen LogP) is 1.69. The number of carbonyl (C=O) groups excluding carboxylic acids is 1. The highest BCUT2D eigenvalue weighted by atomic mass is 79.9. The number of primary sulfonamides is 1. The highest BCUT2D eigenvalue weighted by Crippen LogP contribution is 2.17. The second-order valence-corrected chi connectivity index (χ2v) is 6.66. The summed E-state index contributed by atoms with van der Waals surface area (Å²) in [5.41, 5.74) is 0.803. The van der Waals surface area contributed by atoms with E-state index in [1.54, 1.807) is 29.9 Å². The largest absolute Gasteiger partial charge is 0.345 e. The fourth-order valence-corrected chi connectivity index (χ4v) is 2.78. The normalized spacial score (nSPS) is 11.3. The summed E-state index contributed by atoms with van der Waals surface area (Å²) in [6, 6.07) is 7.44. The summed E-state index contributed by atoms with van der Waals surface area (Å²) >= 11 is 3.28. The summed E-state index contributed by atoms with van der Waals surface area (Å²) in [6.07, 6.45) is 1.75. The number of hydrogen-bond acceptors (Lipinski definition) is 3. The number of carbonyl (C=O) groups is 1. The Balaban J connectivity index is 2.27. The van der Waals surface area contributed by atoms with Crippen LogP contribution in [0.3, 0.4) is 0 Å². The molecule has 0 bridgehead atoms. The van der Waals surface area contributed by atoms with E-state index < -0.39 is 10.0 Å². The molecule has 0 atom stereocenters. The maximum atomic E-state index is 12.1. The Bertz CT molecular complexity index is 768. The highest BCUT2D eigenvalue weighted by molar-refractivity contribution is 9.10. The van der Waals surface area contributed by atoms with Crippen molar-refractivity contribution in [3.8, 4) is 0 Å². The predicted molar refractivity (Wildman–Crippen MR) is 78.9 cm³/mol. The molecule has 0 saturated heterocycles. The smallest absolute Gasteiger partial charge is 0.272 e. The average Bonchev–Trinajstić information content (AvgIpc) is 2.68. The summed E-state index contributed by atoms with van der Waals surface area (Å²) in [5.74, 6) is -0.343. The first-order valence-corrected chi connectivity index (χ1v) is 7.87. The lowest BCUT2D eigenvalue weighted by molar-refractivity contribution is 0.101. The van der Waals surface area contributed by atoms with Gasteiger partial charge in [0.2, 0.25) is 10.0 Å². The third-order valence-corrected chi connectivity index (χ3v) is 3.97. The van der Waals surface area contributed by atoms with E-state index in [1.165, 1.54) is 18.2 Å². The van der Waals surface area contributed by atoms with E-state index in [-0.39, 0.29) is 10.8 Å². The van der Waals surface area contributed by atoms with Crippen LogP contribution in [0.4, 0.5) is 5.69 Å². The van der Waals surface area contributed by atoms with E-state index in [0.29, 0.717) is 11.4 Å². The van der Waals surface area contributed by atoms with Gasteiger partial charge in [-0.3, -0.25) is 4.79 Å². The minimum Gasteiger partial charge on any atom is -0.345 e. The number of sulfonamides is 1. The van der Waals surface area contributed by atoms with E-state index in [0.717, 1.165) is 4.47 Å². The first kappa shape index (κ1) is 14.8. The number of halogens is 1. The van der Waals surface area contributed by atoms with E-state index in [2.05, 4.69) is 21.2 Å². The Hall–Kier alpha value is -1.64. The van der Waals surface area contributed by atoms with Crippen LogP contribution in [0.15, 0.2) is 45.9 Å². The second-order valence-electron chi connectivity index (χ2n) is 4.18. The lowest BCUT2D eigenvalue weighted by Gasteiger charge is -2.07. The topological polar surface area (TPSA) is 94.2 Å². The highest BCUT2D eigenvalue weighted by Gasteiger charge is 2.13. The molecular weight excluding hydrogens is 346 g/mol. The Kier molecular flexibility index (Phi) is 3.98. The summed E-state index contributed by atoms with van der Waals surface area (Å²) < 4.78 is 24.9. The minimum absolute atomic E-state index is 0.0524. The Labute approximate surface area is 124 Å². The van der Waals surface area contributed by atoms with Crippen molar-refractivity contribution < 1.29 is 13.2 Å². The van der Waals surface area contributed by atoms with Gasteiger partial charge < -0.3 is 9.88 Å². The molecule has 1 amide bonds. The van der Waals surface area contributed by atoms with Crippen molar-refractivity contribution in [2.75, 3.05) is 5.32 Å². The molecule has 2 rings (SSSR count). The summed E-state index contributed by atoms with van der Waals surface area (Å²) in [5, 5.41) is 7.67. The summed E-state index contributed by atoms with van der Waals surface area (Å²) in [6.45, 7) is 0. The molecule has 0 aliphatic rings. The van der Waals surface area contributed by atoms with Gasteiger partial charge in [0.15, 0.2) is 0 Å². The molecule has 0 radical (unpaired) electrons. The molecule has 0 aliphatic heterocycles. The van der Waals surface area contributed by atoms with E-state index in [4.69, 9.17) is 5.14 Å². The molecular formula is C12H12BrN3O3S. The molecule has 0 unspecified atom stereocenters. The molecule has 1 aromatic heterocycles. The van der Waals surface area contributed by atoms with Gasteiger partial charge in [0.25, 0.3) is 5.91 Å². The van der Waals surface area contributed by atoms with Crippen LogP contribution in [0.5, 0.6) is 0 Å². The third-order valence-electron chi connectivity index (χ3n) is 2.62. The van der Waals surface area contributed by atoms with Gasteiger partial charge in [-0.2, -0.15) is 0 Å². The van der Waals surface area contributed by atoms with Gasteiger partial charge in [-0.25, -0.2) is 13.6 Å². The first-order valence-electron chi connectivity index (χ1n) is 5.53. The van der Waals surface area contributed by atoms with Crippen LogP contribution in [0, 0.1) is 0 Å². The Morgan fingerprint density at radius 3 is 2.60 bits per heavy atom. The van der Waals surface area contributed by atoms with Crippen LogP contribution in [0.2, 0.25) is 0 Å². The fourth-order valence-electron chi connectivity index (χ4n) is 1.70. The molecule has 0 spiro atoms. The number of nitrogens with two attached hydrogens (primary N) is 1. The van der Waals surface area contributed by atoms with Crippen molar-refractivity contribution in [3.05, 3.63) is 46.7 Å². The maximum absolute atomic E-state index is 12.1. The number of hydrogen-bond donors (Lipinski definition) is 2. The maximum Gasteiger partial charge on any atom is 0.272 e. The SMILES string of the molecule is Cn1cc(Br)cc1C(=O)Nc1cccc(S(N)(=O)=O)c1. The molecule has 6 nitrogen and oxygen atoms in total. The number of amides is 1. The van der Waals surface area contributed by atoms with Gasteiger partial charge in [-0.1, -0.05) is 6.07 Å². The number of aromatic nitrogens is 1. The van der Waals surface area contributed by atoms with Gasteiger partial charge in [-0.15, -0.1) is 0 Å². The van der Waals surface area contributed by atoms with Crippen LogP contribution in [0.25, 0.3) is 0 Å². The zero-order chi connectivity index (χ0) is 14.9. The molecule has 20 heavy (non-hydrogen) atoms. The zero-order valence-corrected chi connectivity index (χ0v) is 12.9. The molecule has 1 aromatic carbocycles. The van der Waals surface area contributed by atoms with Gasteiger partial charge in [0.1, 0.15) is 5.69 Å². The van der Waals surface area contributed by atoms with E-state index >= 15 is 0 Å². The number of anilines is 1. The van der Waals surface area contributed by atoms with Gasteiger partial charge in [-0.05, 0) is 40.2 Å². The molecule has 106 valence electrons. The molecule has 8 heteroatoms. The Morgan fingerprint density at radius 1 is 1.35 bits per heavy atom. The quantitative estimate of drug-likeness (QED) is 0.874. The fraction of sp³-hybridized carbons (Fsp3) is 0.0833. The average molecular weight is 358 g/mol. The van der Waals surface area contributed by atoms with Crippen LogP contribution >= 0.6 is 15.9 Å². The standard InChI is InChI=1S/C12H12BrN3O3S/c1-16-7-8(13)5-11(16)12(17)15-9-3-2-4-10(6-9)20(14,18)19/h2-7H,1H3,(H,15,17)(H2,14,18,19). The van der Waals surface area contributed by atoms with Crippen molar-refractivity contribution in [3.63, 3.8) is 0 Å². The zero-order valence-electron chi connectivity index (χ0n) is 10.5. The molecule has 0 aliphatic carbocycles. The second kappa shape index (κ2) is 5.39. The number of nitrogens with one attached hydrogen (secondary N) is 1. The number of rotatable bonds is 3. The van der Waals surface area contributed by atoms with E-state index in [9.17, 15) is 13.2 Å². The summed E-state index contributed by atoms with van der Waals surface area (Å²) in [7, 11) is -2.06. The summed E-state index contributed by atoms with van der Waals surface area (Å²) in [4.78, 5) is 12.0. The van der Waals surface area contributed by atoms with Crippen LogP contribution in [-0.4, -0.2) is 18.9 Å². The van der Waals surface area contributed by atoms with Crippen molar-refractivity contribution in [1.29, 1.82) is 0 Å². The number of aryl methyl sites for hydroxylation is 1. The number of nitrogens with zero attached hydrogens (tertiary/aromatic N) is 1. The molecule has 1 heterocycles. The molecule has 0 saturated carbocycles. The van der Waals surface area contributed by atoms with Crippen LogP contribution < -0.4 is 10.5 Å². The van der Waals surface area contributed by atoms with Crippen molar-refractivity contribution in [2.45, 2.75) is 4.90 Å². The Morgan fingerprint density at radius 2 is 2.05 bits per heavy atom. The minimum atomic E-state index is -3.79. The van der Waals surface area contributed by atoms with Crippen molar-refractivity contribution >= 4 is 37.5 Å². The molecule has 2 aromatic rings. The monoisotopic (exact) mass is 357 g/mol. The van der Waals surface area contributed by atoms with Crippen molar-refractivity contribution in [1.82, 2.24) is 4.57 Å². The van der Waals surface area contributed by atoms with Gasteiger partial charge in [0, 0.05) is 23.4 Å². The van der Waals surface area contributed by atoms with Crippen LogP contribution in [0.1, 0.15) is 10.5 Å². The van der Waals surface area contributed by atoms with Gasteiger partial charge >= 0.3 is 0 Å². The van der Waals surface area contributed by atoms with E-state index in [1.807, 2.05) is 0 Å². The third kappa shape index (κ3) is 3.27. The first-order chi connectivity index (χ1) is 9.27. The molecule has 0 fully saturated rings. The van der Waals surface area contributed by atoms with Crippen LogP contribution in [-0.2, 0) is 17.1 Å². The lowest BCUT2D eigenvalue weighted by Crippen LogP contribution is -2.16. The van der Waals surface area contributed by atoms with Gasteiger partial charge in [0.05, 0.1) is 4.90 Å². The van der Waals surface area contributed by atoms with Crippen molar-refractivity contribution in [2.24, 2.45) is 12.2 Å². The molecule has 3 N–H and O–H groups in total. The lowest BCUT2D eigenvalue weighted by atomic mass is 10.3.